The number of nitrogens with zero attached hydrogens (tertiary/aromatic N) is 5. The van der Waals surface area contributed by atoms with Crippen LogP contribution in [-0.4, -0.2) is 31.9 Å². The summed E-state index contributed by atoms with van der Waals surface area (Å²) in [7, 11) is 0. The van der Waals surface area contributed by atoms with Crippen LogP contribution in [0.1, 0.15) is 46.4 Å². The number of carbonyl (C=O) groups excluding carboxylic acids is 1. The number of nitrogens with one attached hydrogen (secondary N) is 1. The summed E-state index contributed by atoms with van der Waals surface area (Å²) in [5.41, 5.74) is 5.01. The lowest BCUT2D eigenvalue weighted by atomic mass is 9.96. The molecule has 1 amide bonds. The van der Waals surface area contributed by atoms with E-state index in [1.54, 1.807) is 16.0 Å². The van der Waals surface area contributed by atoms with E-state index < -0.39 is 0 Å². The molecule has 0 spiro atoms. The first-order chi connectivity index (χ1) is 14.6. The van der Waals surface area contributed by atoms with Crippen LogP contribution in [0.4, 0.5) is 5.00 Å². The molecule has 0 saturated heterocycles. The third kappa shape index (κ3) is 4.11. The number of carbonyl (C=O) groups is 1. The molecule has 1 aliphatic rings. The first-order valence-corrected chi connectivity index (χ1v) is 11.7. The molecule has 1 aliphatic carbocycles. The van der Waals surface area contributed by atoms with Crippen LogP contribution in [0.3, 0.4) is 0 Å². The van der Waals surface area contributed by atoms with Gasteiger partial charge in [-0.3, -0.25) is 4.79 Å². The summed E-state index contributed by atoms with van der Waals surface area (Å²) in [4.78, 5) is 13.7. The zero-order chi connectivity index (χ0) is 21.1. The number of anilines is 1. The van der Waals surface area contributed by atoms with Crippen LogP contribution in [0.2, 0.25) is 0 Å². The highest BCUT2D eigenvalue weighted by molar-refractivity contribution is 7.99. The maximum atomic E-state index is 12.5. The fourth-order valence-electron chi connectivity index (χ4n) is 3.58. The number of rotatable bonds is 6. The van der Waals surface area contributed by atoms with E-state index in [9.17, 15) is 10.1 Å². The molecule has 0 unspecified atom stereocenters. The van der Waals surface area contributed by atoms with Crippen molar-refractivity contribution in [2.24, 2.45) is 0 Å². The Morgan fingerprint density at radius 2 is 2.17 bits per heavy atom. The molecule has 7 nitrogen and oxygen atoms in total. The molecule has 1 N–H and O–H groups in total. The average molecular weight is 439 g/mol. The standard InChI is InChI=1S/C21H22N6OS2/c1-13-6-5-8-17(14(13)2)27-21(24-25-26-27)29-11-10-19(28)23-20-16(12-22)15-7-3-4-9-18(15)30-20/h5-6,8H,3-4,7,9-11H2,1-2H3,(H,23,28). The highest BCUT2D eigenvalue weighted by Crippen LogP contribution is 2.37. The van der Waals surface area contributed by atoms with Crippen molar-refractivity contribution in [3.8, 4) is 11.8 Å². The number of hydrogen-bond donors (Lipinski definition) is 1. The van der Waals surface area contributed by atoms with Gasteiger partial charge in [0.1, 0.15) is 11.1 Å². The molecule has 2 aromatic heterocycles. The normalized spacial score (nSPS) is 13.0. The number of aryl methyl sites for hydroxylation is 2. The van der Waals surface area contributed by atoms with Crippen molar-refractivity contribution in [2.45, 2.75) is 51.1 Å². The summed E-state index contributed by atoms with van der Waals surface area (Å²) in [5, 5.41) is 25.9. The third-order valence-corrected chi connectivity index (χ3v) is 7.47. The summed E-state index contributed by atoms with van der Waals surface area (Å²) >= 11 is 2.99. The van der Waals surface area contributed by atoms with Gasteiger partial charge in [-0.1, -0.05) is 23.9 Å². The topological polar surface area (TPSA) is 96.5 Å². The summed E-state index contributed by atoms with van der Waals surface area (Å²) < 4.78 is 1.71. The molecule has 0 radical (unpaired) electrons. The van der Waals surface area contributed by atoms with E-state index in [0.717, 1.165) is 42.5 Å². The van der Waals surface area contributed by atoms with Crippen LogP contribution in [0.15, 0.2) is 23.4 Å². The Morgan fingerprint density at radius 1 is 1.33 bits per heavy atom. The molecule has 0 fully saturated rings. The van der Waals surface area contributed by atoms with Crippen molar-refractivity contribution < 1.29 is 4.79 Å². The lowest BCUT2D eigenvalue weighted by Crippen LogP contribution is -2.12. The first-order valence-electron chi connectivity index (χ1n) is 9.90. The van der Waals surface area contributed by atoms with Crippen molar-refractivity contribution in [2.75, 3.05) is 11.1 Å². The number of tetrazole rings is 1. The number of fused-ring (bicyclic) bond motifs is 1. The maximum absolute atomic E-state index is 12.5. The smallest absolute Gasteiger partial charge is 0.225 e. The molecule has 2 heterocycles. The second-order valence-electron chi connectivity index (χ2n) is 7.27. The fraction of sp³-hybridized carbons (Fsp3) is 0.381. The zero-order valence-corrected chi connectivity index (χ0v) is 18.6. The second kappa shape index (κ2) is 8.98. The molecular weight excluding hydrogens is 416 g/mol. The van der Waals surface area contributed by atoms with E-state index in [1.807, 2.05) is 19.1 Å². The van der Waals surface area contributed by atoms with Crippen LogP contribution >= 0.6 is 23.1 Å². The monoisotopic (exact) mass is 438 g/mol. The largest absolute Gasteiger partial charge is 0.317 e. The molecule has 0 saturated carbocycles. The predicted molar refractivity (Wildman–Crippen MR) is 118 cm³/mol. The van der Waals surface area contributed by atoms with E-state index in [4.69, 9.17) is 0 Å². The first kappa shape index (κ1) is 20.6. The summed E-state index contributed by atoms with van der Waals surface area (Å²) in [5.74, 6) is 0.452. The van der Waals surface area contributed by atoms with E-state index in [1.165, 1.54) is 22.2 Å². The second-order valence-corrected chi connectivity index (χ2v) is 9.43. The molecule has 1 aromatic carbocycles. The van der Waals surface area contributed by atoms with Crippen LogP contribution < -0.4 is 5.32 Å². The van der Waals surface area contributed by atoms with E-state index in [0.29, 0.717) is 27.9 Å². The molecular formula is C21H22N6OS2. The van der Waals surface area contributed by atoms with Gasteiger partial charge in [-0.2, -0.15) is 9.94 Å². The SMILES string of the molecule is Cc1cccc(-n2nnnc2SCCC(=O)Nc2sc3c(c2C#N)CCCC3)c1C. The number of amides is 1. The zero-order valence-electron chi connectivity index (χ0n) is 16.9. The number of thiophene rings is 1. The van der Waals surface area contributed by atoms with Gasteiger partial charge >= 0.3 is 0 Å². The van der Waals surface area contributed by atoms with Gasteiger partial charge in [-0.05, 0) is 72.7 Å². The molecule has 154 valence electrons. The Balaban J connectivity index is 1.39. The molecule has 9 heteroatoms. The Hall–Kier alpha value is -2.70. The minimum Gasteiger partial charge on any atom is -0.317 e. The van der Waals surface area contributed by atoms with Crippen molar-refractivity contribution in [3.05, 3.63) is 45.3 Å². The summed E-state index contributed by atoms with van der Waals surface area (Å²) in [6.07, 6.45) is 4.51. The Bertz CT molecular complexity index is 1130. The van der Waals surface area contributed by atoms with E-state index in [2.05, 4.69) is 39.9 Å². The summed E-state index contributed by atoms with van der Waals surface area (Å²) in [6.45, 7) is 4.10. The van der Waals surface area contributed by atoms with Gasteiger partial charge in [0.15, 0.2) is 0 Å². The highest BCUT2D eigenvalue weighted by Gasteiger charge is 2.22. The van der Waals surface area contributed by atoms with Gasteiger partial charge in [-0.15, -0.1) is 16.4 Å². The lowest BCUT2D eigenvalue weighted by Gasteiger charge is -2.09. The predicted octanol–water partition coefficient (Wildman–Crippen LogP) is 4.21. The fourth-order valence-corrected chi connectivity index (χ4v) is 5.66. The van der Waals surface area contributed by atoms with Gasteiger partial charge in [0, 0.05) is 17.1 Å². The van der Waals surface area contributed by atoms with Gasteiger partial charge in [0.2, 0.25) is 11.1 Å². The molecule has 3 aromatic rings. The molecule has 4 rings (SSSR count). The van der Waals surface area contributed by atoms with Gasteiger partial charge in [-0.25, -0.2) is 0 Å². The maximum Gasteiger partial charge on any atom is 0.225 e. The van der Waals surface area contributed by atoms with E-state index >= 15 is 0 Å². The Labute approximate surface area is 183 Å². The van der Waals surface area contributed by atoms with Crippen molar-refractivity contribution in [3.63, 3.8) is 0 Å². The van der Waals surface area contributed by atoms with Crippen molar-refractivity contribution >= 4 is 34.0 Å². The Morgan fingerprint density at radius 3 is 3.00 bits per heavy atom. The minimum absolute atomic E-state index is 0.0941. The van der Waals surface area contributed by atoms with Crippen molar-refractivity contribution in [1.82, 2.24) is 20.2 Å². The number of nitriles is 1. The van der Waals surface area contributed by atoms with Gasteiger partial charge in [0.05, 0.1) is 11.3 Å². The minimum atomic E-state index is -0.0941. The quantitative estimate of drug-likeness (QED) is 0.579. The number of thioether (sulfide) groups is 1. The molecule has 0 aliphatic heterocycles. The average Bonchev–Trinajstić information content (AvgIpc) is 3.34. The number of hydrogen-bond acceptors (Lipinski definition) is 7. The number of aromatic nitrogens is 4. The van der Waals surface area contributed by atoms with Crippen LogP contribution in [0.5, 0.6) is 0 Å². The van der Waals surface area contributed by atoms with Gasteiger partial charge in [0.25, 0.3) is 0 Å². The number of benzene rings is 1. The van der Waals surface area contributed by atoms with Crippen molar-refractivity contribution in [1.29, 1.82) is 5.26 Å². The highest BCUT2D eigenvalue weighted by atomic mass is 32.2. The van der Waals surface area contributed by atoms with Crippen LogP contribution in [0.25, 0.3) is 5.69 Å². The Kier molecular flexibility index (Phi) is 6.16. The molecule has 0 bridgehead atoms. The molecule has 0 atom stereocenters. The summed E-state index contributed by atoms with van der Waals surface area (Å²) in [6, 6.07) is 8.30. The van der Waals surface area contributed by atoms with Crippen LogP contribution in [0, 0.1) is 25.2 Å². The van der Waals surface area contributed by atoms with Crippen LogP contribution in [-0.2, 0) is 17.6 Å². The van der Waals surface area contributed by atoms with E-state index in [-0.39, 0.29) is 5.91 Å². The lowest BCUT2D eigenvalue weighted by molar-refractivity contribution is -0.115. The molecule has 30 heavy (non-hydrogen) atoms. The van der Waals surface area contributed by atoms with Gasteiger partial charge < -0.3 is 5.32 Å². The third-order valence-electron chi connectivity index (χ3n) is 5.34.